The third-order valence-corrected chi connectivity index (χ3v) is 4.98. The molecule has 0 aliphatic heterocycles. The summed E-state index contributed by atoms with van der Waals surface area (Å²) in [7, 11) is 0. The van der Waals surface area contributed by atoms with E-state index < -0.39 is 11.7 Å². The highest BCUT2D eigenvalue weighted by Gasteiger charge is 2.30. The second-order valence-corrected chi connectivity index (χ2v) is 7.14. The Balaban J connectivity index is 1.47. The van der Waals surface area contributed by atoms with Gasteiger partial charge in [0.1, 0.15) is 6.33 Å². The average Bonchev–Trinajstić information content (AvgIpc) is 3.29. The molecule has 1 N–H and O–H groups in total. The molecule has 0 radical (unpaired) electrons. The second kappa shape index (κ2) is 7.81. The molecule has 0 spiro atoms. The van der Waals surface area contributed by atoms with E-state index in [9.17, 15) is 13.2 Å². The fourth-order valence-corrected chi connectivity index (χ4v) is 3.42. The zero-order valence-corrected chi connectivity index (χ0v) is 16.6. The van der Waals surface area contributed by atoms with Gasteiger partial charge in [-0.3, -0.25) is 4.98 Å². The van der Waals surface area contributed by atoms with E-state index in [-0.39, 0.29) is 5.69 Å². The van der Waals surface area contributed by atoms with Crippen LogP contribution in [0.1, 0.15) is 5.56 Å². The van der Waals surface area contributed by atoms with Gasteiger partial charge >= 0.3 is 6.18 Å². The Bertz CT molecular complexity index is 1410. The van der Waals surface area contributed by atoms with Crippen molar-refractivity contribution in [2.24, 2.45) is 0 Å². The van der Waals surface area contributed by atoms with Crippen LogP contribution in [0, 0.1) is 0 Å². The molecule has 8 heteroatoms. The minimum absolute atomic E-state index is 0.282. The van der Waals surface area contributed by atoms with Gasteiger partial charge in [0, 0.05) is 28.5 Å². The molecule has 3 aromatic carbocycles. The van der Waals surface area contributed by atoms with Crippen molar-refractivity contribution >= 4 is 22.3 Å². The number of anilines is 2. The molecule has 0 aliphatic carbocycles. The topological polar surface area (TPSA) is 55.6 Å². The van der Waals surface area contributed by atoms with Gasteiger partial charge in [-0.25, -0.2) is 9.67 Å². The first-order valence-corrected chi connectivity index (χ1v) is 9.78. The number of hydrogen-bond donors (Lipinski definition) is 1. The van der Waals surface area contributed by atoms with Gasteiger partial charge in [-0.15, -0.1) is 5.10 Å². The monoisotopic (exact) mass is 431 g/mol. The maximum atomic E-state index is 13.1. The molecule has 0 saturated carbocycles. The number of nitrogens with one attached hydrogen (secondary N) is 1. The van der Waals surface area contributed by atoms with Crippen molar-refractivity contribution in [2.75, 3.05) is 5.32 Å². The van der Waals surface area contributed by atoms with E-state index in [1.807, 2.05) is 54.6 Å². The van der Waals surface area contributed by atoms with Crippen LogP contribution in [0.3, 0.4) is 0 Å². The molecule has 0 amide bonds. The van der Waals surface area contributed by atoms with E-state index in [0.717, 1.165) is 40.0 Å². The number of benzene rings is 3. The first-order chi connectivity index (χ1) is 15.5. The molecule has 5 aromatic rings. The quantitative estimate of drug-likeness (QED) is 0.366. The standard InChI is InChI=1S/C24H16F3N5/c25-24(26,27)17-6-3-7-19(13-17)32-15-29-23(31-32)20-8-1-2-9-21(20)30-18-11-10-16-5-4-12-28-22(16)14-18/h1-15,30H. The number of hydrogen-bond acceptors (Lipinski definition) is 4. The van der Waals surface area contributed by atoms with Gasteiger partial charge in [-0.2, -0.15) is 13.2 Å². The first kappa shape index (κ1) is 19.7. The highest BCUT2D eigenvalue weighted by atomic mass is 19.4. The molecule has 5 nitrogen and oxygen atoms in total. The van der Waals surface area contributed by atoms with Crippen LogP contribution in [0.2, 0.25) is 0 Å². The molecule has 0 unspecified atom stereocenters. The summed E-state index contributed by atoms with van der Waals surface area (Å²) in [5.74, 6) is 0.393. The summed E-state index contributed by atoms with van der Waals surface area (Å²) in [5.41, 5.74) is 2.75. The minimum atomic E-state index is -4.43. The van der Waals surface area contributed by atoms with Gasteiger partial charge in [0.2, 0.25) is 0 Å². The van der Waals surface area contributed by atoms with Crippen molar-refractivity contribution in [3.05, 3.63) is 97.0 Å². The summed E-state index contributed by atoms with van der Waals surface area (Å²) < 4.78 is 40.5. The molecule has 32 heavy (non-hydrogen) atoms. The van der Waals surface area contributed by atoms with Crippen LogP contribution in [0.15, 0.2) is 91.4 Å². The van der Waals surface area contributed by atoms with Crippen molar-refractivity contribution < 1.29 is 13.2 Å². The number of nitrogens with zero attached hydrogens (tertiary/aromatic N) is 4. The summed E-state index contributed by atoms with van der Waals surface area (Å²) in [6.07, 6.45) is -1.28. The number of aromatic nitrogens is 4. The third-order valence-electron chi connectivity index (χ3n) is 4.98. The van der Waals surface area contributed by atoms with Crippen LogP contribution in [0.25, 0.3) is 28.0 Å². The zero-order chi connectivity index (χ0) is 22.1. The Morgan fingerprint density at radius 2 is 1.69 bits per heavy atom. The lowest BCUT2D eigenvalue weighted by Gasteiger charge is -2.11. The molecule has 158 valence electrons. The first-order valence-electron chi connectivity index (χ1n) is 9.78. The van der Waals surface area contributed by atoms with Crippen molar-refractivity contribution in [2.45, 2.75) is 6.18 Å². The molecular weight excluding hydrogens is 415 g/mol. The van der Waals surface area contributed by atoms with E-state index in [2.05, 4.69) is 20.4 Å². The van der Waals surface area contributed by atoms with Crippen LogP contribution in [0.5, 0.6) is 0 Å². The van der Waals surface area contributed by atoms with E-state index >= 15 is 0 Å². The number of halogens is 3. The Morgan fingerprint density at radius 1 is 0.812 bits per heavy atom. The molecule has 0 aliphatic rings. The lowest BCUT2D eigenvalue weighted by atomic mass is 10.1. The Kier molecular flexibility index (Phi) is 4.82. The zero-order valence-electron chi connectivity index (χ0n) is 16.6. The van der Waals surface area contributed by atoms with E-state index in [4.69, 9.17) is 0 Å². The molecule has 2 heterocycles. The maximum Gasteiger partial charge on any atom is 0.416 e. The lowest BCUT2D eigenvalue weighted by Crippen LogP contribution is -2.06. The Labute approximate surface area is 181 Å². The Hall–Kier alpha value is -4.20. The fraction of sp³-hybridized carbons (Fsp3) is 0.0417. The smallest absolute Gasteiger partial charge is 0.355 e. The van der Waals surface area contributed by atoms with Gasteiger partial charge in [0.15, 0.2) is 5.82 Å². The number of pyridine rings is 1. The number of alkyl halides is 3. The predicted molar refractivity (Wildman–Crippen MR) is 117 cm³/mol. The molecule has 0 bridgehead atoms. The molecule has 2 aromatic heterocycles. The third kappa shape index (κ3) is 3.90. The fourth-order valence-electron chi connectivity index (χ4n) is 3.42. The highest BCUT2D eigenvalue weighted by Crippen LogP contribution is 2.31. The largest absolute Gasteiger partial charge is 0.416 e. The number of fused-ring (bicyclic) bond motifs is 1. The van der Waals surface area contributed by atoms with Gasteiger partial charge < -0.3 is 5.32 Å². The summed E-state index contributed by atoms with van der Waals surface area (Å²) >= 11 is 0. The van der Waals surface area contributed by atoms with Gasteiger partial charge in [0.25, 0.3) is 0 Å². The average molecular weight is 431 g/mol. The van der Waals surface area contributed by atoms with Crippen LogP contribution < -0.4 is 5.32 Å². The van der Waals surface area contributed by atoms with Crippen LogP contribution in [-0.4, -0.2) is 19.7 Å². The predicted octanol–water partition coefficient (Wildman–Crippen LogP) is 6.24. The number of para-hydroxylation sites is 1. The van der Waals surface area contributed by atoms with Gasteiger partial charge in [0.05, 0.1) is 16.8 Å². The van der Waals surface area contributed by atoms with Crippen LogP contribution in [0.4, 0.5) is 24.5 Å². The summed E-state index contributed by atoms with van der Waals surface area (Å²) in [6, 6.07) is 22.2. The van der Waals surface area contributed by atoms with Crippen LogP contribution >= 0.6 is 0 Å². The lowest BCUT2D eigenvalue weighted by molar-refractivity contribution is -0.137. The van der Waals surface area contributed by atoms with E-state index in [1.54, 1.807) is 12.3 Å². The minimum Gasteiger partial charge on any atom is -0.355 e. The number of rotatable bonds is 4. The van der Waals surface area contributed by atoms with Crippen molar-refractivity contribution in [3.8, 4) is 17.1 Å². The van der Waals surface area contributed by atoms with Crippen LogP contribution in [-0.2, 0) is 6.18 Å². The molecule has 0 saturated heterocycles. The summed E-state index contributed by atoms with van der Waals surface area (Å²) in [5, 5.41) is 8.81. The summed E-state index contributed by atoms with van der Waals surface area (Å²) in [4.78, 5) is 8.70. The van der Waals surface area contributed by atoms with Crippen molar-refractivity contribution in [1.29, 1.82) is 0 Å². The molecule has 0 atom stereocenters. The van der Waals surface area contributed by atoms with Gasteiger partial charge in [-0.05, 0) is 48.5 Å². The Morgan fingerprint density at radius 3 is 2.56 bits per heavy atom. The molecule has 5 rings (SSSR count). The van der Waals surface area contributed by atoms with Crippen molar-refractivity contribution in [3.63, 3.8) is 0 Å². The normalized spacial score (nSPS) is 11.6. The van der Waals surface area contributed by atoms with E-state index in [1.165, 1.54) is 17.1 Å². The molecular formula is C24H16F3N5. The second-order valence-electron chi connectivity index (χ2n) is 7.14. The van der Waals surface area contributed by atoms with Crippen molar-refractivity contribution in [1.82, 2.24) is 19.7 Å². The van der Waals surface area contributed by atoms with Gasteiger partial charge in [-0.1, -0.05) is 30.3 Å². The summed E-state index contributed by atoms with van der Waals surface area (Å²) in [6.45, 7) is 0. The molecule has 0 fully saturated rings. The maximum absolute atomic E-state index is 13.1. The highest BCUT2D eigenvalue weighted by molar-refractivity contribution is 5.85. The van der Waals surface area contributed by atoms with E-state index in [0.29, 0.717) is 5.82 Å². The SMILES string of the molecule is FC(F)(F)c1cccc(-n2cnc(-c3ccccc3Nc3ccc4cccnc4c3)n2)c1.